The van der Waals surface area contributed by atoms with Gasteiger partial charge in [0, 0.05) is 18.0 Å². The van der Waals surface area contributed by atoms with E-state index >= 15 is 0 Å². The first kappa shape index (κ1) is 17.5. The maximum Gasteiger partial charge on any atom is 0.319 e. The lowest BCUT2D eigenvalue weighted by atomic mass is 10.0. The molecule has 2 N–H and O–H groups in total. The van der Waals surface area contributed by atoms with Crippen LogP contribution in [0.1, 0.15) is 30.7 Å². The highest BCUT2D eigenvalue weighted by Crippen LogP contribution is 2.22. The average Bonchev–Trinajstić information content (AvgIpc) is 3.08. The third-order valence-corrected chi connectivity index (χ3v) is 4.58. The third kappa shape index (κ3) is 5.36. The van der Waals surface area contributed by atoms with Gasteiger partial charge < -0.3 is 15.1 Å². The van der Waals surface area contributed by atoms with E-state index < -0.39 is 0 Å². The second-order valence-electron chi connectivity index (χ2n) is 5.17. The van der Waals surface area contributed by atoms with Crippen LogP contribution in [0.5, 0.6) is 0 Å². The molecule has 0 radical (unpaired) electrons. The maximum atomic E-state index is 12.1. The fraction of sp³-hybridized carbons (Fsp3) is 0.389. The van der Waals surface area contributed by atoms with Crippen molar-refractivity contribution in [1.29, 1.82) is 0 Å². The summed E-state index contributed by atoms with van der Waals surface area (Å²) < 4.78 is 5.27. The molecule has 2 amide bonds. The molecule has 1 aromatic heterocycles. The van der Waals surface area contributed by atoms with Gasteiger partial charge in [-0.25, -0.2) is 4.79 Å². The predicted molar refractivity (Wildman–Crippen MR) is 97.1 cm³/mol. The average molecular weight is 332 g/mol. The van der Waals surface area contributed by atoms with Crippen molar-refractivity contribution in [2.75, 3.05) is 17.6 Å². The Bertz CT molecular complexity index is 589. The van der Waals surface area contributed by atoms with Gasteiger partial charge in [-0.3, -0.25) is 0 Å². The summed E-state index contributed by atoms with van der Waals surface area (Å²) in [6.45, 7) is 4.83. The molecule has 4 nitrogen and oxygen atoms in total. The first-order valence-corrected chi connectivity index (χ1v) is 9.15. The Hall–Kier alpha value is -1.88. The van der Waals surface area contributed by atoms with Gasteiger partial charge in [-0.1, -0.05) is 32.0 Å². The minimum Gasteiger partial charge on any atom is -0.468 e. The number of thioether (sulfide) groups is 1. The molecule has 0 atom stereocenters. The van der Waals surface area contributed by atoms with Gasteiger partial charge in [-0.15, -0.1) is 0 Å². The summed E-state index contributed by atoms with van der Waals surface area (Å²) >= 11 is 1.74. The number of nitrogens with one attached hydrogen (secondary N) is 2. The van der Waals surface area contributed by atoms with Crippen molar-refractivity contribution in [2.24, 2.45) is 0 Å². The molecule has 1 aromatic carbocycles. The topological polar surface area (TPSA) is 54.3 Å². The zero-order chi connectivity index (χ0) is 16.5. The van der Waals surface area contributed by atoms with E-state index in [0.717, 1.165) is 35.8 Å². The summed E-state index contributed by atoms with van der Waals surface area (Å²) in [5.74, 6) is 2.64. The van der Waals surface area contributed by atoms with Crippen LogP contribution in [-0.4, -0.2) is 18.3 Å². The quantitative estimate of drug-likeness (QED) is 0.702. The van der Waals surface area contributed by atoms with Crippen LogP contribution >= 0.6 is 11.8 Å². The normalized spacial score (nSPS) is 10.5. The molecule has 0 saturated heterocycles. The minimum atomic E-state index is -0.140. The van der Waals surface area contributed by atoms with Gasteiger partial charge >= 0.3 is 6.03 Å². The van der Waals surface area contributed by atoms with E-state index in [1.165, 1.54) is 11.1 Å². The number of para-hydroxylation sites is 1. The van der Waals surface area contributed by atoms with Crippen LogP contribution in [0.2, 0.25) is 0 Å². The van der Waals surface area contributed by atoms with Crippen LogP contribution in [0.15, 0.2) is 41.0 Å². The third-order valence-electron chi connectivity index (χ3n) is 3.59. The summed E-state index contributed by atoms with van der Waals surface area (Å²) in [7, 11) is 0. The first-order valence-electron chi connectivity index (χ1n) is 8.00. The molecule has 0 unspecified atom stereocenters. The monoisotopic (exact) mass is 332 g/mol. The molecule has 23 heavy (non-hydrogen) atoms. The van der Waals surface area contributed by atoms with Crippen molar-refractivity contribution in [3.63, 3.8) is 0 Å². The number of aryl methyl sites for hydroxylation is 2. The number of urea groups is 1. The SMILES string of the molecule is CCc1cccc(CC)c1NC(=O)NCCSCc1ccco1. The fourth-order valence-electron chi connectivity index (χ4n) is 2.37. The van der Waals surface area contributed by atoms with E-state index in [4.69, 9.17) is 4.42 Å². The van der Waals surface area contributed by atoms with E-state index in [9.17, 15) is 4.79 Å². The molecule has 0 aliphatic carbocycles. The minimum absolute atomic E-state index is 0.140. The van der Waals surface area contributed by atoms with Crippen molar-refractivity contribution in [2.45, 2.75) is 32.4 Å². The summed E-state index contributed by atoms with van der Waals surface area (Å²) in [5, 5.41) is 5.92. The number of furan rings is 1. The van der Waals surface area contributed by atoms with Gasteiger partial charge in [-0.05, 0) is 36.1 Å². The zero-order valence-electron chi connectivity index (χ0n) is 13.7. The highest BCUT2D eigenvalue weighted by molar-refractivity contribution is 7.98. The molecule has 0 spiro atoms. The summed E-state index contributed by atoms with van der Waals surface area (Å²) in [6, 6.07) is 9.88. The van der Waals surface area contributed by atoms with E-state index in [1.54, 1.807) is 18.0 Å². The summed E-state index contributed by atoms with van der Waals surface area (Å²) in [6.07, 6.45) is 3.49. The smallest absolute Gasteiger partial charge is 0.319 e. The highest BCUT2D eigenvalue weighted by Gasteiger charge is 2.09. The number of rotatable bonds is 8. The molecular formula is C18H24N2O2S. The van der Waals surface area contributed by atoms with Gasteiger partial charge in [0.15, 0.2) is 0 Å². The Kier molecular flexibility index (Phi) is 7.07. The molecule has 0 fully saturated rings. The Morgan fingerprint density at radius 2 is 1.87 bits per heavy atom. The largest absolute Gasteiger partial charge is 0.468 e. The lowest BCUT2D eigenvalue weighted by Gasteiger charge is -2.15. The zero-order valence-corrected chi connectivity index (χ0v) is 14.5. The van der Waals surface area contributed by atoms with Crippen molar-refractivity contribution in [3.8, 4) is 0 Å². The summed E-state index contributed by atoms with van der Waals surface area (Å²) in [4.78, 5) is 12.1. The Labute approximate surface area is 142 Å². The molecule has 1 heterocycles. The van der Waals surface area contributed by atoms with Crippen LogP contribution in [0, 0.1) is 0 Å². The lowest BCUT2D eigenvalue weighted by Crippen LogP contribution is -2.31. The molecule has 0 aliphatic heterocycles. The number of hydrogen-bond acceptors (Lipinski definition) is 3. The molecule has 2 aromatic rings. The van der Waals surface area contributed by atoms with E-state index in [1.807, 2.05) is 18.2 Å². The van der Waals surface area contributed by atoms with Crippen molar-refractivity contribution >= 4 is 23.5 Å². The Morgan fingerprint density at radius 1 is 1.13 bits per heavy atom. The van der Waals surface area contributed by atoms with Crippen molar-refractivity contribution in [1.82, 2.24) is 5.32 Å². The van der Waals surface area contributed by atoms with Gasteiger partial charge in [0.1, 0.15) is 5.76 Å². The number of benzene rings is 1. The van der Waals surface area contributed by atoms with Crippen LogP contribution in [-0.2, 0) is 18.6 Å². The number of hydrogen-bond donors (Lipinski definition) is 2. The number of anilines is 1. The van der Waals surface area contributed by atoms with Crippen molar-refractivity contribution in [3.05, 3.63) is 53.5 Å². The van der Waals surface area contributed by atoms with Gasteiger partial charge in [0.05, 0.1) is 12.0 Å². The fourth-order valence-corrected chi connectivity index (χ4v) is 3.12. The second kappa shape index (κ2) is 9.30. The molecule has 5 heteroatoms. The number of carbonyl (C=O) groups is 1. The van der Waals surface area contributed by atoms with Crippen molar-refractivity contribution < 1.29 is 9.21 Å². The number of amides is 2. The van der Waals surface area contributed by atoms with Gasteiger partial charge in [0.25, 0.3) is 0 Å². The highest BCUT2D eigenvalue weighted by atomic mass is 32.2. The second-order valence-corrected chi connectivity index (χ2v) is 6.28. The lowest BCUT2D eigenvalue weighted by molar-refractivity contribution is 0.252. The maximum absolute atomic E-state index is 12.1. The van der Waals surface area contributed by atoms with Crippen LogP contribution in [0.25, 0.3) is 0 Å². The Balaban J connectivity index is 1.76. The standard InChI is InChI=1S/C18H24N2O2S/c1-3-14-7-5-8-15(4-2)17(14)20-18(21)19-10-12-23-13-16-9-6-11-22-16/h5-9,11H,3-4,10,12-13H2,1-2H3,(H2,19,20,21). The van der Waals surface area contributed by atoms with E-state index in [0.29, 0.717) is 6.54 Å². The predicted octanol–water partition coefficient (Wildman–Crippen LogP) is 4.46. The first-order chi connectivity index (χ1) is 11.2. The van der Waals surface area contributed by atoms with E-state index in [2.05, 4.69) is 36.6 Å². The molecule has 2 rings (SSSR count). The summed E-state index contributed by atoms with van der Waals surface area (Å²) in [5.41, 5.74) is 3.30. The van der Waals surface area contributed by atoms with E-state index in [-0.39, 0.29) is 6.03 Å². The molecular weight excluding hydrogens is 308 g/mol. The molecule has 0 aliphatic rings. The van der Waals surface area contributed by atoms with Crippen LogP contribution in [0.4, 0.5) is 10.5 Å². The van der Waals surface area contributed by atoms with Crippen LogP contribution in [0.3, 0.4) is 0 Å². The Morgan fingerprint density at radius 3 is 2.48 bits per heavy atom. The van der Waals surface area contributed by atoms with Crippen LogP contribution < -0.4 is 10.6 Å². The van der Waals surface area contributed by atoms with Gasteiger partial charge in [-0.2, -0.15) is 11.8 Å². The molecule has 0 bridgehead atoms. The number of carbonyl (C=O) groups excluding carboxylic acids is 1. The van der Waals surface area contributed by atoms with Gasteiger partial charge in [0.2, 0.25) is 0 Å². The molecule has 0 saturated carbocycles. The molecule has 124 valence electrons.